The minimum absolute atomic E-state index is 0.0221. The SMILES string of the molecule is CC(C)NC(=O)C#Cc1ccc2c(c1)NC(=O)C2C(=Nc1ccc(CN2CCCC2)cc1)c1ccccc1. The van der Waals surface area contributed by atoms with Crippen LogP contribution >= 0.6 is 0 Å². The van der Waals surface area contributed by atoms with Gasteiger partial charge in [0.05, 0.1) is 11.4 Å². The second-order valence-corrected chi connectivity index (χ2v) is 10.1. The molecule has 0 aliphatic carbocycles. The van der Waals surface area contributed by atoms with Gasteiger partial charge in [-0.2, -0.15) is 0 Å². The van der Waals surface area contributed by atoms with Gasteiger partial charge in [-0.1, -0.05) is 54.5 Å². The summed E-state index contributed by atoms with van der Waals surface area (Å²) < 4.78 is 0. The summed E-state index contributed by atoms with van der Waals surface area (Å²) in [6.45, 7) is 7.05. The molecule has 2 amide bonds. The molecular formula is C32H32N4O2. The fraction of sp³-hybridized carbons (Fsp3) is 0.281. The van der Waals surface area contributed by atoms with Crippen LogP contribution in [0.3, 0.4) is 0 Å². The lowest BCUT2D eigenvalue weighted by Crippen LogP contribution is -2.28. The van der Waals surface area contributed by atoms with Crippen molar-refractivity contribution in [2.75, 3.05) is 18.4 Å². The highest BCUT2D eigenvalue weighted by Crippen LogP contribution is 2.37. The highest BCUT2D eigenvalue weighted by Gasteiger charge is 2.35. The molecule has 0 spiro atoms. The van der Waals surface area contributed by atoms with Gasteiger partial charge in [0.1, 0.15) is 5.92 Å². The van der Waals surface area contributed by atoms with Crippen molar-refractivity contribution >= 4 is 28.9 Å². The van der Waals surface area contributed by atoms with E-state index in [9.17, 15) is 9.59 Å². The number of aliphatic imine (C=N–C) groups is 1. The molecule has 0 saturated carbocycles. The standard InChI is InChI=1S/C32H32N4O2/c1-22(2)33-29(37)17-13-23-12-16-27-28(20-23)35-32(38)30(27)31(25-8-4-3-5-9-25)34-26-14-10-24(11-15-26)21-36-18-6-7-19-36/h3-5,8-12,14-16,20,22,30H,6-7,18-19,21H2,1-2H3,(H,33,37)(H,35,38). The largest absolute Gasteiger partial charge is 0.343 e. The lowest BCUT2D eigenvalue weighted by atomic mass is 9.90. The van der Waals surface area contributed by atoms with Gasteiger partial charge in [0.15, 0.2) is 0 Å². The number of fused-ring (bicyclic) bond motifs is 1. The molecule has 0 bridgehead atoms. The number of nitrogens with zero attached hydrogens (tertiary/aromatic N) is 2. The van der Waals surface area contributed by atoms with Crippen molar-refractivity contribution in [1.29, 1.82) is 0 Å². The van der Waals surface area contributed by atoms with Crippen LogP contribution in [0.5, 0.6) is 0 Å². The second kappa shape index (κ2) is 11.5. The molecule has 3 aromatic rings. The third kappa shape index (κ3) is 6.01. The predicted octanol–water partition coefficient (Wildman–Crippen LogP) is 5.02. The molecule has 6 nitrogen and oxygen atoms in total. The summed E-state index contributed by atoms with van der Waals surface area (Å²) in [4.78, 5) is 32.7. The van der Waals surface area contributed by atoms with E-state index in [-0.39, 0.29) is 17.9 Å². The maximum atomic E-state index is 13.3. The maximum absolute atomic E-state index is 13.3. The summed E-state index contributed by atoms with van der Waals surface area (Å²) >= 11 is 0. The molecule has 1 atom stereocenters. The molecule has 2 heterocycles. The van der Waals surface area contributed by atoms with Crippen LogP contribution in [0, 0.1) is 11.8 Å². The molecule has 2 N–H and O–H groups in total. The normalized spacial score (nSPS) is 17.1. The van der Waals surface area contributed by atoms with E-state index in [1.54, 1.807) is 0 Å². The Hall–Kier alpha value is -4.21. The molecule has 192 valence electrons. The Morgan fingerprint density at radius 1 is 1.05 bits per heavy atom. The van der Waals surface area contributed by atoms with E-state index in [1.165, 1.54) is 18.4 Å². The quantitative estimate of drug-likeness (QED) is 0.366. The van der Waals surface area contributed by atoms with E-state index in [0.717, 1.165) is 36.4 Å². The van der Waals surface area contributed by atoms with Crippen LogP contribution in [0.1, 0.15) is 54.9 Å². The average molecular weight is 505 g/mol. The summed E-state index contributed by atoms with van der Waals surface area (Å²) in [6, 6.07) is 23.7. The number of nitrogens with one attached hydrogen (secondary N) is 2. The van der Waals surface area contributed by atoms with E-state index >= 15 is 0 Å². The Balaban J connectivity index is 1.44. The molecular weight excluding hydrogens is 472 g/mol. The zero-order valence-corrected chi connectivity index (χ0v) is 21.8. The van der Waals surface area contributed by atoms with Crippen LogP contribution in [-0.4, -0.2) is 41.6 Å². The molecule has 1 unspecified atom stereocenters. The molecule has 1 saturated heterocycles. The molecule has 0 aromatic heterocycles. The second-order valence-electron chi connectivity index (χ2n) is 10.1. The average Bonchev–Trinajstić information content (AvgIpc) is 3.53. The first-order valence-corrected chi connectivity index (χ1v) is 13.2. The number of carbonyl (C=O) groups excluding carboxylic acids is 2. The number of carbonyl (C=O) groups is 2. The minimum Gasteiger partial charge on any atom is -0.343 e. The first kappa shape index (κ1) is 25.4. The van der Waals surface area contributed by atoms with Gasteiger partial charge in [-0.25, -0.2) is 0 Å². The van der Waals surface area contributed by atoms with Crippen LogP contribution in [0.25, 0.3) is 0 Å². The van der Waals surface area contributed by atoms with E-state index in [4.69, 9.17) is 4.99 Å². The first-order chi connectivity index (χ1) is 18.5. The lowest BCUT2D eigenvalue weighted by Gasteiger charge is -2.15. The number of likely N-dealkylation sites (tertiary alicyclic amines) is 1. The number of benzene rings is 3. The lowest BCUT2D eigenvalue weighted by molar-refractivity contribution is -0.116. The number of hydrogen-bond donors (Lipinski definition) is 2. The van der Waals surface area contributed by atoms with Crippen molar-refractivity contribution in [3.8, 4) is 11.8 Å². The van der Waals surface area contributed by atoms with Gasteiger partial charge in [-0.15, -0.1) is 0 Å². The molecule has 5 rings (SSSR count). The van der Waals surface area contributed by atoms with Gasteiger partial charge in [0.2, 0.25) is 5.91 Å². The summed E-state index contributed by atoms with van der Waals surface area (Å²) in [7, 11) is 0. The monoisotopic (exact) mass is 504 g/mol. The van der Waals surface area contributed by atoms with Crippen molar-refractivity contribution in [1.82, 2.24) is 10.2 Å². The zero-order chi connectivity index (χ0) is 26.5. The van der Waals surface area contributed by atoms with Crippen LogP contribution in [0.4, 0.5) is 11.4 Å². The third-order valence-electron chi connectivity index (χ3n) is 6.76. The summed E-state index contributed by atoms with van der Waals surface area (Å²) in [5, 5.41) is 5.76. The van der Waals surface area contributed by atoms with Crippen LogP contribution < -0.4 is 10.6 Å². The summed E-state index contributed by atoms with van der Waals surface area (Å²) in [6.07, 6.45) is 2.55. The fourth-order valence-corrected chi connectivity index (χ4v) is 4.96. The molecule has 6 heteroatoms. The number of hydrogen-bond acceptors (Lipinski definition) is 4. The van der Waals surface area contributed by atoms with E-state index in [1.807, 2.05) is 74.5 Å². The van der Waals surface area contributed by atoms with Crippen molar-refractivity contribution in [2.24, 2.45) is 4.99 Å². The number of anilines is 1. The molecule has 2 aliphatic heterocycles. The smallest absolute Gasteiger partial charge is 0.296 e. The van der Waals surface area contributed by atoms with Crippen molar-refractivity contribution in [2.45, 2.75) is 45.2 Å². The van der Waals surface area contributed by atoms with Gasteiger partial charge < -0.3 is 10.6 Å². The van der Waals surface area contributed by atoms with Gasteiger partial charge in [-0.05, 0) is 80.7 Å². The molecule has 2 aliphatic rings. The maximum Gasteiger partial charge on any atom is 0.296 e. The fourth-order valence-electron chi connectivity index (χ4n) is 4.96. The van der Waals surface area contributed by atoms with Crippen LogP contribution in [0.2, 0.25) is 0 Å². The first-order valence-electron chi connectivity index (χ1n) is 13.2. The van der Waals surface area contributed by atoms with Crippen LogP contribution in [-0.2, 0) is 16.1 Å². The third-order valence-corrected chi connectivity index (χ3v) is 6.76. The predicted molar refractivity (Wildman–Crippen MR) is 152 cm³/mol. The van der Waals surface area contributed by atoms with Crippen molar-refractivity contribution < 1.29 is 9.59 Å². The molecule has 3 aromatic carbocycles. The summed E-state index contributed by atoms with van der Waals surface area (Å²) in [5.41, 5.74) is 5.89. The van der Waals surface area contributed by atoms with Gasteiger partial charge in [-0.3, -0.25) is 19.5 Å². The molecule has 0 radical (unpaired) electrons. The Morgan fingerprint density at radius 3 is 2.50 bits per heavy atom. The van der Waals surface area contributed by atoms with E-state index in [0.29, 0.717) is 17.0 Å². The van der Waals surface area contributed by atoms with Gasteiger partial charge >= 0.3 is 0 Å². The Morgan fingerprint density at radius 2 is 1.79 bits per heavy atom. The minimum atomic E-state index is -0.553. The van der Waals surface area contributed by atoms with E-state index < -0.39 is 5.92 Å². The Labute approximate surface area is 224 Å². The number of rotatable bonds is 6. The van der Waals surface area contributed by atoms with Crippen molar-refractivity contribution in [3.63, 3.8) is 0 Å². The highest BCUT2D eigenvalue weighted by molar-refractivity contribution is 6.24. The highest BCUT2D eigenvalue weighted by atomic mass is 16.2. The van der Waals surface area contributed by atoms with E-state index in [2.05, 4.69) is 39.5 Å². The van der Waals surface area contributed by atoms with Crippen molar-refractivity contribution in [3.05, 3.63) is 95.1 Å². The molecule has 38 heavy (non-hydrogen) atoms. The summed E-state index contributed by atoms with van der Waals surface area (Å²) in [5.74, 6) is 4.50. The number of amides is 2. The molecule has 1 fully saturated rings. The van der Waals surface area contributed by atoms with Gasteiger partial charge in [0.25, 0.3) is 5.91 Å². The Bertz CT molecular complexity index is 1410. The Kier molecular flexibility index (Phi) is 7.67. The van der Waals surface area contributed by atoms with Crippen LogP contribution in [0.15, 0.2) is 77.8 Å². The zero-order valence-electron chi connectivity index (χ0n) is 21.8. The topological polar surface area (TPSA) is 73.8 Å². The van der Waals surface area contributed by atoms with Gasteiger partial charge in [0, 0.05) is 29.8 Å².